The van der Waals surface area contributed by atoms with Crippen LogP contribution in [0.5, 0.6) is 0 Å². The maximum Gasteiger partial charge on any atom is 0.312 e. The molecule has 1 aromatic rings. The smallest absolute Gasteiger partial charge is 0.312 e. The van der Waals surface area contributed by atoms with Gasteiger partial charge >= 0.3 is 11.8 Å². The number of rotatable bonds is 7. The molecule has 7 nitrogen and oxygen atoms in total. The normalized spacial score (nSPS) is 21.1. The van der Waals surface area contributed by atoms with Gasteiger partial charge in [-0.05, 0) is 25.3 Å². The van der Waals surface area contributed by atoms with Crippen molar-refractivity contribution in [1.29, 1.82) is 0 Å². The predicted molar refractivity (Wildman–Crippen MR) is 104 cm³/mol. The van der Waals surface area contributed by atoms with Crippen LogP contribution in [0.3, 0.4) is 0 Å². The third-order valence-electron chi connectivity index (χ3n) is 5.36. The molecule has 0 bridgehead atoms. The lowest BCUT2D eigenvalue weighted by atomic mass is 10.1. The molecule has 2 aliphatic heterocycles. The fourth-order valence-electron chi connectivity index (χ4n) is 3.56. The van der Waals surface area contributed by atoms with Gasteiger partial charge in [0.05, 0.1) is 12.0 Å². The van der Waals surface area contributed by atoms with Crippen LogP contribution in [0.4, 0.5) is 0 Å². The van der Waals surface area contributed by atoms with Gasteiger partial charge < -0.3 is 19.9 Å². The van der Waals surface area contributed by atoms with Crippen molar-refractivity contribution < 1.29 is 19.1 Å². The van der Waals surface area contributed by atoms with E-state index in [1.54, 1.807) is 11.8 Å². The molecule has 0 unspecified atom stereocenters. The molecule has 0 spiro atoms. The van der Waals surface area contributed by atoms with Gasteiger partial charge in [0, 0.05) is 39.3 Å². The Bertz CT molecular complexity index is 713. The highest BCUT2D eigenvalue weighted by Crippen LogP contribution is 2.14. The Labute approximate surface area is 166 Å². The average Bonchev–Trinajstić information content (AvgIpc) is 3.21. The minimum Gasteiger partial charge on any atom is -0.376 e. The number of hydrogen-bond acceptors (Lipinski definition) is 4. The highest BCUT2D eigenvalue weighted by Gasteiger charge is 2.34. The third-order valence-corrected chi connectivity index (χ3v) is 5.36. The molecule has 0 aliphatic carbocycles. The Morgan fingerprint density at radius 1 is 1.18 bits per heavy atom. The SMILES string of the molecule is Cc1ccc(CN2CCN(C[C@H](C)C(=O)NC[C@@H]3CCCO3)C(=O)C2=O)cc1. The lowest BCUT2D eigenvalue weighted by Gasteiger charge is -2.35. The zero-order valence-corrected chi connectivity index (χ0v) is 16.6. The number of ether oxygens (including phenoxy) is 1. The fraction of sp³-hybridized carbons (Fsp3) is 0.571. The Morgan fingerprint density at radius 2 is 1.86 bits per heavy atom. The molecule has 2 aliphatic rings. The molecule has 1 N–H and O–H groups in total. The largest absolute Gasteiger partial charge is 0.376 e. The Morgan fingerprint density at radius 3 is 2.54 bits per heavy atom. The van der Waals surface area contributed by atoms with Gasteiger partial charge in [0.2, 0.25) is 5.91 Å². The Kier molecular flexibility index (Phi) is 6.67. The molecule has 7 heteroatoms. The second kappa shape index (κ2) is 9.19. The first-order valence-corrected chi connectivity index (χ1v) is 9.97. The van der Waals surface area contributed by atoms with E-state index in [4.69, 9.17) is 4.74 Å². The fourth-order valence-corrected chi connectivity index (χ4v) is 3.56. The van der Waals surface area contributed by atoms with E-state index in [-0.39, 0.29) is 24.5 Å². The van der Waals surface area contributed by atoms with Crippen LogP contribution in [0.1, 0.15) is 30.9 Å². The molecule has 0 saturated carbocycles. The molecule has 2 heterocycles. The molecule has 0 radical (unpaired) electrons. The van der Waals surface area contributed by atoms with Crippen LogP contribution in [-0.2, 0) is 25.7 Å². The molecular formula is C21H29N3O4. The van der Waals surface area contributed by atoms with Crippen molar-refractivity contribution in [1.82, 2.24) is 15.1 Å². The van der Waals surface area contributed by atoms with Crippen LogP contribution < -0.4 is 5.32 Å². The number of amides is 3. The van der Waals surface area contributed by atoms with E-state index in [0.29, 0.717) is 26.2 Å². The molecule has 2 saturated heterocycles. The number of carbonyl (C=O) groups excluding carboxylic acids is 3. The van der Waals surface area contributed by atoms with Crippen molar-refractivity contribution in [2.24, 2.45) is 5.92 Å². The summed E-state index contributed by atoms with van der Waals surface area (Å²) in [5.74, 6) is -1.52. The van der Waals surface area contributed by atoms with Crippen LogP contribution in [0.25, 0.3) is 0 Å². The summed E-state index contributed by atoms with van der Waals surface area (Å²) in [6, 6.07) is 7.93. The molecule has 3 amide bonds. The van der Waals surface area contributed by atoms with Crippen LogP contribution in [0, 0.1) is 12.8 Å². The zero-order chi connectivity index (χ0) is 20.1. The highest BCUT2D eigenvalue weighted by molar-refractivity contribution is 6.35. The predicted octanol–water partition coefficient (Wildman–Crippen LogP) is 1.10. The molecule has 3 rings (SSSR count). The number of piperazine rings is 1. The molecule has 28 heavy (non-hydrogen) atoms. The maximum atomic E-state index is 12.5. The number of aryl methyl sites for hydroxylation is 1. The van der Waals surface area contributed by atoms with Crippen molar-refractivity contribution in [3.8, 4) is 0 Å². The van der Waals surface area contributed by atoms with Crippen LogP contribution >= 0.6 is 0 Å². The standard InChI is InChI=1S/C21H29N3O4/c1-15-5-7-17(8-6-15)14-24-10-9-23(20(26)21(24)27)13-16(2)19(25)22-12-18-4-3-11-28-18/h5-8,16,18H,3-4,9-14H2,1-2H3,(H,22,25)/t16-,18-/m0/s1. The lowest BCUT2D eigenvalue weighted by molar-refractivity contribution is -0.157. The summed E-state index contributed by atoms with van der Waals surface area (Å²) in [6.07, 6.45) is 2.08. The molecule has 0 aromatic heterocycles. The maximum absolute atomic E-state index is 12.5. The topological polar surface area (TPSA) is 79.0 Å². The van der Waals surface area contributed by atoms with Gasteiger partial charge in [-0.3, -0.25) is 14.4 Å². The first-order valence-electron chi connectivity index (χ1n) is 9.97. The van der Waals surface area contributed by atoms with Gasteiger partial charge in [0.15, 0.2) is 0 Å². The van der Waals surface area contributed by atoms with E-state index >= 15 is 0 Å². The second-order valence-corrected chi connectivity index (χ2v) is 7.74. The summed E-state index contributed by atoms with van der Waals surface area (Å²) in [7, 11) is 0. The van der Waals surface area contributed by atoms with E-state index in [2.05, 4.69) is 5.32 Å². The molecular weight excluding hydrogens is 358 g/mol. The minimum atomic E-state index is -0.530. The summed E-state index contributed by atoms with van der Waals surface area (Å²) >= 11 is 0. The minimum absolute atomic E-state index is 0.0877. The first kappa shape index (κ1) is 20.3. The quantitative estimate of drug-likeness (QED) is 0.711. The van der Waals surface area contributed by atoms with Crippen molar-refractivity contribution in [2.45, 2.75) is 39.3 Å². The van der Waals surface area contributed by atoms with E-state index < -0.39 is 11.8 Å². The molecule has 2 atom stereocenters. The average molecular weight is 387 g/mol. The van der Waals surface area contributed by atoms with Crippen molar-refractivity contribution in [3.63, 3.8) is 0 Å². The van der Waals surface area contributed by atoms with Gasteiger partial charge in [0.25, 0.3) is 0 Å². The monoisotopic (exact) mass is 387 g/mol. The van der Waals surface area contributed by atoms with Crippen LogP contribution in [-0.4, -0.2) is 66.4 Å². The summed E-state index contributed by atoms with van der Waals surface area (Å²) in [5, 5.41) is 2.89. The number of nitrogens with one attached hydrogen (secondary N) is 1. The molecule has 152 valence electrons. The van der Waals surface area contributed by atoms with E-state index in [9.17, 15) is 14.4 Å². The number of hydrogen-bond donors (Lipinski definition) is 1. The highest BCUT2D eigenvalue weighted by atomic mass is 16.5. The van der Waals surface area contributed by atoms with Gasteiger partial charge in [-0.25, -0.2) is 0 Å². The Hall–Kier alpha value is -2.41. The third kappa shape index (κ3) is 5.10. The second-order valence-electron chi connectivity index (χ2n) is 7.74. The van der Waals surface area contributed by atoms with Crippen molar-refractivity contribution in [3.05, 3.63) is 35.4 Å². The summed E-state index contributed by atoms with van der Waals surface area (Å²) in [6.45, 7) is 6.63. The van der Waals surface area contributed by atoms with Crippen LogP contribution in [0.2, 0.25) is 0 Å². The van der Waals surface area contributed by atoms with Gasteiger partial charge in [0.1, 0.15) is 0 Å². The number of carbonyl (C=O) groups is 3. The Balaban J connectivity index is 1.48. The zero-order valence-electron chi connectivity index (χ0n) is 16.6. The van der Waals surface area contributed by atoms with E-state index in [0.717, 1.165) is 30.6 Å². The van der Waals surface area contributed by atoms with Gasteiger partial charge in [-0.15, -0.1) is 0 Å². The summed E-state index contributed by atoms with van der Waals surface area (Å²) < 4.78 is 5.50. The van der Waals surface area contributed by atoms with E-state index in [1.807, 2.05) is 31.2 Å². The first-order chi connectivity index (χ1) is 13.4. The van der Waals surface area contributed by atoms with E-state index in [1.165, 1.54) is 4.90 Å². The van der Waals surface area contributed by atoms with Crippen LogP contribution in [0.15, 0.2) is 24.3 Å². The molecule has 1 aromatic carbocycles. The lowest BCUT2D eigenvalue weighted by Crippen LogP contribution is -2.55. The van der Waals surface area contributed by atoms with Crippen molar-refractivity contribution in [2.75, 3.05) is 32.8 Å². The molecule has 2 fully saturated rings. The summed E-state index contributed by atoms with van der Waals surface area (Å²) in [4.78, 5) is 40.3. The van der Waals surface area contributed by atoms with Gasteiger partial charge in [-0.1, -0.05) is 36.8 Å². The van der Waals surface area contributed by atoms with Crippen molar-refractivity contribution >= 4 is 17.7 Å². The number of benzene rings is 1. The summed E-state index contributed by atoms with van der Waals surface area (Å²) in [5.41, 5.74) is 2.16. The number of nitrogens with zero attached hydrogens (tertiary/aromatic N) is 2. The van der Waals surface area contributed by atoms with Gasteiger partial charge in [-0.2, -0.15) is 0 Å².